The van der Waals surface area contributed by atoms with Crippen LogP contribution in [0.3, 0.4) is 0 Å². The van der Waals surface area contributed by atoms with Crippen LogP contribution in [0.1, 0.15) is 20.8 Å². The zero-order valence-corrected chi connectivity index (χ0v) is 11.1. The van der Waals surface area contributed by atoms with Crippen molar-refractivity contribution >= 4 is 17.7 Å². The van der Waals surface area contributed by atoms with Gasteiger partial charge in [0.1, 0.15) is 0 Å². The van der Waals surface area contributed by atoms with Gasteiger partial charge in [-0.25, -0.2) is 0 Å². The van der Waals surface area contributed by atoms with Gasteiger partial charge in [0.2, 0.25) is 5.91 Å². The van der Waals surface area contributed by atoms with E-state index in [2.05, 4.69) is 10.2 Å². The van der Waals surface area contributed by atoms with E-state index in [-0.39, 0.29) is 18.6 Å². The Morgan fingerprint density at radius 3 is 2.56 bits per heavy atom. The van der Waals surface area contributed by atoms with E-state index in [0.29, 0.717) is 0 Å². The summed E-state index contributed by atoms with van der Waals surface area (Å²) in [6.45, 7) is 7.48. The molecule has 0 aromatic heterocycles. The molecule has 0 spiro atoms. The van der Waals surface area contributed by atoms with E-state index < -0.39 is 5.54 Å². The first-order valence-electron chi connectivity index (χ1n) is 5.71. The first kappa shape index (κ1) is 13.8. The second-order valence-electron chi connectivity index (χ2n) is 4.86. The molecule has 1 aliphatic rings. The van der Waals surface area contributed by atoms with Crippen LogP contribution >= 0.6 is 11.8 Å². The van der Waals surface area contributed by atoms with E-state index in [9.17, 15) is 4.79 Å². The van der Waals surface area contributed by atoms with Crippen molar-refractivity contribution in [2.45, 2.75) is 32.4 Å². The molecule has 0 aromatic carbocycles. The van der Waals surface area contributed by atoms with Gasteiger partial charge in [0.25, 0.3) is 0 Å². The topological polar surface area (TPSA) is 52.6 Å². The molecule has 1 saturated heterocycles. The maximum atomic E-state index is 11.9. The van der Waals surface area contributed by atoms with Crippen molar-refractivity contribution in [1.82, 2.24) is 10.2 Å². The van der Waals surface area contributed by atoms with Crippen molar-refractivity contribution < 1.29 is 9.90 Å². The number of aliphatic hydroxyl groups is 1. The fraction of sp³-hybridized carbons (Fsp3) is 0.909. The lowest BCUT2D eigenvalue weighted by molar-refractivity contribution is -0.127. The SMILES string of the molecule is C[C@H](C(=O)NC(C)(C)CO)N1CCSCC1. The number of amides is 1. The summed E-state index contributed by atoms with van der Waals surface area (Å²) in [4.78, 5) is 14.1. The number of nitrogens with one attached hydrogen (secondary N) is 1. The molecule has 0 aliphatic carbocycles. The van der Waals surface area contributed by atoms with Crippen LogP contribution in [0.2, 0.25) is 0 Å². The van der Waals surface area contributed by atoms with Gasteiger partial charge >= 0.3 is 0 Å². The lowest BCUT2D eigenvalue weighted by atomic mass is 10.1. The molecule has 1 atom stereocenters. The molecule has 1 heterocycles. The fourth-order valence-corrected chi connectivity index (χ4v) is 2.54. The van der Waals surface area contributed by atoms with E-state index in [4.69, 9.17) is 5.11 Å². The standard InChI is InChI=1S/C11H22N2O2S/c1-9(13-4-6-16-7-5-13)10(15)12-11(2,3)8-14/h9,14H,4-8H2,1-3H3,(H,12,15)/t9-/m1/s1. The minimum atomic E-state index is -0.532. The Balaban J connectivity index is 2.46. The molecule has 0 radical (unpaired) electrons. The molecule has 1 fully saturated rings. The molecule has 5 heteroatoms. The number of hydrogen-bond acceptors (Lipinski definition) is 4. The number of aliphatic hydroxyl groups excluding tert-OH is 1. The molecule has 0 aromatic rings. The highest BCUT2D eigenvalue weighted by atomic mass is 32.2. The van der Waals surface area contributed by atoms with E-state index in [1.807, 2.05) is 32.5 Å². The first-order valence-corrected chi connectivity index (χ1v) is 6.86. The summed E-state index contributed by atoms with van der Waals surface area (Å²) in [5.41, 5.74) is -0.532. The summed E-state index contributed by atoms with van der Waals surface area (Å²) in [7, 11) is 0. The normalized spacial score (nSPS) is 20.5. The van der Waals surface area contributed by atoms with Crippen LogP contribution in [-0.4, -0.2) is 58.7 Å². The zero-order valence-electron chi connectivity index (χ0n) is 10.3. The van der Waals surface area contributed by atoms with Gasteiger partial charge in [0, 0.05) is 24.6 Å². The van der Waals surface area contributed by atoms with Crippen molar-refractivity contribution in [3.8, 4) is 0 Å². The monoisotopic (exact) mass is 246 g/mol. The Labute approximate surface area is 102 Å². The van der Waals surface area contributed by atoms with Gasteiger partial charge in [-0.05, 0) is 20.8 Å². The number of thioether (sulfide) groups is 1. The number of carbonyl (C=O) groups excluding carboxylic acids is 1. The average Bonchev–Trinajstić information content (AvgIpc) is 2.28. The first-order chi connectivity index (χ1) is 7.46. The maximum Gasteiger partial charge on any atom is 0.237 e. The minimum Gasteiger partial charge on any atom is -0.394 e. The largest absolute Gasteiger partial charge is 0.394 e. The van der Waals surface area contributed by atoms with Crippen molar-refractivity contribution in [2.75, 3.05) is 31.2 Å². The van der Waals surface area contributed by atoms with E-state index in [1.54, 1.807) is 0 Å². The summed E-state index contributed by atoms with van der Waals surface area (Å²) in [6.07, 6.45) is 0. The second-order valence-corrected chi connectivity index (χ2v) is 6.08. The van der Waals surface area contributed by atoms with Crippen LogP contribution < -0.4 is 5.32 Å². The number of hydrogen-bond donors (Lipinski definition) is 2. The maximum absolute atomic E-state index is 11.9. The summed E-state index contributed by atoms with van der Waals surface area (Å²) in [6, 6.07) is -0.105. The predicted molar refractivity (Wildman–Crippen MR) is 67.7 cm³/mol. The molecule has 1 aliphatic heterocycles. The van der Waals surface area contributed by atoms with Gasteiger partial charge in [-0.15, -0.1) is 0 Å². The average molecular weight is 246 g/mol. The Kier molecular flexibility index (Phi) is 5.08. The molecule has 16 heavy (non-hydrogen) atoms. The van der Waals surface area contributed by atoms with Crippen molar-refractivity contribution in [3.63, 3.8) is 0 Å². The molecule has 2 N–H and O–H groups in total. The third-order valence-electron chi connectivity index (χ3n) is 2.83. The van der Waals surface area contributed by atoms with Crippen LogP contribution in [0, 0.1) is 0 Å². The lowest BCUT2D eigenvalue weighted by Gasteiger charge is -2.33. The highest BCUT2D eigenvalue weighted by molar-refractivity contribution is 7.99. The Morgan fingerprint density at radius 1 is 1.50 bits per heavy atom. The smallest absolute Gasteiger partial charge is 0.237 e. The molecule has 1 rings (SSSR count). The summed E-state index contributed by atoms with van der Waals surface area (Å²) in [5, 5.41) is 12.0. The molecular formula is C11H22N2O2S. The number of carbonyl (C=O) groups is 1. The molecule has 0 unspecified atom stereocenters. The van der Waals surface area contributed by atoms with Crippen molar-refractivity contribution in [3.05, 3.63) is 0 Å². The minimum absolute atomic E-state index is 0.00551. The molecule has 94 valence electrons. The van der Waals surface area contributed by atoms with Crippen LogP contribution in [0.4, 0.5) is 0 Å². The van der Waals surface area contributed by atoms with Gasteiger partial charge in [-0.2, -0.15) is 11.8 Å². The highest BCUT2D eigenvalue weighted by Gasteiger charge is 2.27. The number of rotatable bonds is 4. The van der Waals surface area contributed by atoms with Gasteiger partial charge in [0.15, 0.2) is 0 Å². The molecule has 1 amide bonds. The van der Waals surface area contributed by atoms with E-state index >= 15 is 0 Å². The quantitative estimate of drug-likeness (QED) is 0.750. The van der Waals surface area contributed by atoms with Crippen LogP contribution in [-0.2, 0) is 4.79 Å². The third-order valence-corrected chi connectivity index (χ3v) is 3.77. The van der Waals surface area contributed by atoms with Crippen LogP contribution in [0.15, 0.2) is 0 Å². The van der Waals surface area contributed by atoms with E-state index in [0.717, 1.165) is 24.6 Å². The predicted octanol–water partition coefficient (Wildman–Crippen LogP) is 0.311. The van der Waals surface area contributed by atoms with Gasteiger partial charge in [0.05, 0.1) is 18.2 Å². The van der Waals surface area contributed by atoms with Gasteiger partial charge < -0.3 is 10.4 Å². The molecular weight excluding hydrogens is 224 g/mol. The zero-order chi connectivity index (χ0) is 12.2. The summed E-state index contributed by atoms with van der Waals surface area (Å²) >= 11 is 1.93. The van der Waals surface area contributed by atoms with Crippen LogP contribution in [0.25, 0.3) is 0 Å². The Hall–Kier alpha value is -0.260. The second kappa shape index (κ2) is 5.89. The lowest BCUT2D eigenvalue weighted by Crippen LogP contribution is -2.54. The van der Waals surface area contributed by atoms with Crippen molar-refractivity contribution in [1.29, 1.82) is 0 Å². The molecule has 0 bridgehead atoms. The Morgan fingerprint density at radius 2 is 2.06 bits per heavy atom. The molecule has 4 nitrogen and oxygen atoms in total. The van der Waals surface area contributed by atoms with Crippen molar-refractivity contribution in [2.24, 2.45) is 0 Å². The Bertz CT molecular complexity index is 240. The van der Waals surface area contributed by atoms with Gasteiger partial charge in [-0.3, -0.25) is 9.69 Å². The summed E-state index contributed by atoms with van der Waals surface area (Å²) < 4.78 is 0. The van der Waals surface area contributed by atoms with Crippen LogP contribution in [0.5, 0.6) is 0 Å². The third kappa shape index (κ3) is 3.96. The summed E-state index contributed by atoms with van der Waals surface area (Å²) in [5.74, 6) is 2.20. The highest BCUT2D eigenvalue weighted by Crippen LogP contribution is 2.12. The molecule has 0 saturated carbocycles. The fourth-order valence-electron chi connectivity index (χ4n) is 1.61. The van der Waals surface area contributed by atoms with E-state index in [1.165, 1.54) is 0 Å². The number of nitrogens with zero attached hydrogens (tertiary/aromatic N) is 1. The van der Waals surface area contributed by atoms with Gasteiger partial charge in [-0.1, -0.05) is 0 Å².